The number of nitrogens with two attached hydrogens (primary N) is 1. The fraction of sp³-hybridized carbons (Fsp3) is 0.450. The van der Waals surface area contributed by atoms with Gasteiger partial charge in [0.1, 0.15) is 23.1 Å². The molecule has 8 nitrogen and oxygen atoms in total. The summed E-state index contributed by atoms with van der Waals surface area (Å²) in [6.45, 7) is 6.07. The molecule has 1 amide bonds. The van der Waals surface area contributed by atoms with Crippen molar-refractivity contribution in [3.63, 3.8) is 0 Å². The Morgan fingerprint density at radius 1 is 1.23 bits per heavy atom. The van der Waals surface area contributed by atoms with E-state index >= 15 is 0 Å². The molecule has 2 aromatic rings. The lowest BCUT2D eigenvalue weighted by Gasteiger charge is -2.27. The fourth-order valence-electron chi connectivity index (χ4n) is 3.10. The summed E-state index contributed by atoms with van der Waals surface area (Å²) < 4.78 is 28.0. The number of unbranched alkanes of at least 4 members (excludes halogenated alkanes) is 1. The molecule has 0 bridgehead atoms. The van der Waals surface area contributed by atoms with Crippen LogP contribution in [-0.2, 0) is 11.3 Å². The van der Waals surface area contributed by atoms with E-state index in [1.54, 1.807) is 0 Å². The highest BCUT2D eigenvalue weighted by Gasteiger charge is 2.22. The number of nitrogens with one attached hydrogen (secondary N) is 2. The van der Waals surface area contributed by atoms with Crippen molar-refractivity contribution < 1.29 is 13.6 Å². The van der Waals surface area contributed by atoms with Gasteiger partial charge in [0.05, 0.1) is 6.54 Å². The van der Waals surface area contributed by atoms with Crippen LogP contribution in [0.1, 0.15) is 33.6 Å². The third kappa shape index (κ3) is 5.91. The normalized spacial score (nSPS) is 11.0. The molecule has 1 aromatic carbocycles. The molecule has 0 aliphatic carbocycles. The zero-order valence-electron chi connectivity index (χ0n) is 17.3. The van der Waals surface area contributed by atoms with E-state index in [4.69, 9.17) is 5.73 Å². The van der Waals surface area contributed by atoms with Crippen LogP contribution in [0.2, 0.25) is 0 Å². The molecule has 10 heteroatoms. The van der Waals surface area contributed by atoms with Gasteiger partial charge in [0.15, 0.2) is 0 Å². The summed E-state index contributed by atoms with van der Waals surface area (Å²) in [5.41, 5.74) is 4.80. The molecule has 0 fully saturated rings. The van der Waals surface area contributed by atoms with Crippen LogP contribution in [0.25, 0.3) is 0 Å². The maximum atomic E-state index is 13.4. The van der Waals surface area contributed by atoms with E-state index in [-0.39, 0.29) is 29.7 Å². The molecular formula is C20H27F2N5O3. The summed E-state index contributed by atoms with van der Waals surface area (Å²) in [6.07, 6.45) is 1.51. The first-order valence-electron chi connectivity index (χ1n) is 9.75. The summed E-state index contributed by atoms with van der Waals surface area (Å²) in [6, 6.07) is 2.67. The van der Waals surface area contributed by atoms with Crippen molar-refractivity contribution in [3.8, 4) is 0 Å². The van der Waals surface area contributed by atoms with Crippen molar-refractivity contribution in [3.05, 3.63) is 50.7 Å². The van der Waals surface area contributed by atoms with Crippen LogP contribution in [0.15, 0.2) is 27.8 Å². The van der Waals surface area contributed by atoms with Gasteiger partial charge in [0.25, 0.3) is 5.56 Å². The van der Waals surface area contributed by atoms with Crippen molar-refractivity contribution >= 4 is 23.1 Å². The van der Waals surface area contributed by atoms with Crippen molar-refractivity contribution in [1.82, 2.24) is 9.55 Å². The Kier molecular flexibility index (Phi) is 7.73. The zero-order valence-corrected chi connectivity index (χ0v) is 17.3. The topological polar surface area (TPSA) is 113 Å². The van der Waals surface area contributed by atoms with Gasteiger partial charge in [0, 0.05) is 24.8 Å². The van der Waals surface area contributed by atoms with Gasteiger partial charge in [-0.25, -0.2) is 13.6 Å². The van der Waals surface area contributed by atoms with Gasteiger partial charge in [-0.05, 0) is 24.5 Å². The number of aromatic nitrogens is 2. The number of aromatic amines is 1. The first-order chi connectivity index (χ1) is 14.1. The van der Waals surface area contributed by atoms with Gasteiger partial charge in [0.2, 0.25) is 5.91 Å². The van der Waals surface area contributed by atoms with Crippen LogP contribution in [0, 0.1) is 17.6 Å². The highest BCUT2D eigenvalue weighted by atomic mass is 19.1. The summed E-state index contributed by atoms with van der Waals surface area (Å²) in [4.78, 5) is 40.9. The van der Waals surface area contributed by atoms with Gasteiger partial charge in [-0.15, -0.1) is 0 Å². The number of carbonyl (C=O) groups excluding carboxylic acids is 1. The predicted molar refractivity (Wildman–Crippen MR) is 113 cm³/mol. The van der Waals surface area contributed by atoms with Crippen molar-refractivity contribution in [2.75, 3.05) is 29.0 Å². The molecule has 4 N–H and O–H groups in total. The summed E-state index contributed by atoms with van der Waals surface area (Å²) in [7, 11) is 0. The number of nitrogen functional groups attached to an aromatic ring is 1. The third-order valence-corrected chi connectivity index (χ3v) is 4.33. The molecule has 164 valence electrons. The maximum absolute atomic E-state index is 13.4. The molecule has 0 unspecified atom stereocenters. The highest BCUT2D eigenvalue weighted by Crippen LogP contribution is 2.19. The lowest BCUT2D eigenvalue weighted by Crippen LogP contribution is -2.43. The minimum atomic E-state index is -0.826. The van der Waals surface area contributed by atoms with Gasteiger partial charge < -0.3 is 16.0 Å². The Labute approximate surface area is 172 Å². The standard InChI is InChI=1S/C20H27F2N5O3/c1-4-5-6-27-18(23)17(19(29)25-20(27)30)26(10-12(2)3)11-16(28)24-15-8-13(21)7-14(22)9-15/h7-9,12H,4-6,10-11,23H2,1-3H3,(H,24,28)(H,25,29,30). The summed E-state index contributed by atoms with van der Waals surface area (Å²) in [5.74, 6) is -2.21. The molecule has 0 saturated heterocycles. The van der Waals surface area contributed by atoms with E-state index in [2.05, 4.69) is 10.3 Å². The van der Waals surface area contributed by atoms with E-state index < -0.39 is 28.8 Å². The van der Waals surface area contributed by atoms with Gasteiger partial charge >= 0.3 is 5.69 Å². The molecule has 2 rings (SSSR count). The molecule has 1 aromatic heterocycles. The van der Waals surface area contributed by atoms with E-state index in [9.17, 15) is 23.2 Å². The fourth-order valence-corrected chi connectivity index (χ4v) is 3.10. The number of hydrogen-bond donors (Lipinski definition) is 3. The predicted octanol–water partition coefficient (Wildman–Crippen LogP) is 2.30. The Hall–Kier alpha value is -3.17. The Bertz CT molecular complexity index is 996. The van der Waals surface area contributed by atoms with Crippen molar-refractivity contribution in [2.45, 2.75) is 40.2 Å². The number of H-pyrrole nitrogens is 1. The molecular weight excluding hydrogens is 396 g/mol. The van der Waals surface area contributed by atoms with Crippen LogP contribution in [0.4, 0.5) is 26.0 Å². The maximum Gasteiger partial charge on any atom is 0.330 e. The highest BCUT2D eigenvalue weighted by molar-refractivity contribution is 5.94. The summed E-state index contributed by atoms with van der Waals surface area (Å²) >= 11 is 0. The van der Waals surface area contributed by atoms with Crippen molar-refractivity contribution in [1.29, 1.82) is 0 Å². The van der Waals surface area contributed by atoms with Gasteiger partial charge in [-0.3, -0.25) is 19.1 Å². The first-order valence-corrected chi connectivity index (χ1v) is 9.75. The van der Waals surface area contributed by atoms with Gasteiger partial charge in [-0.2, -0.15) is 0 Å². The first kappa shape index (κ1) is 23.1. The van der Waals surface area contributed by atoms with Crippen molar-refractivity contribution in [2.24, 2.45) is 5.92 Å². The van der Waals surface area contributed by atoms with Crippen LogP contribution in [-0.4, -0.2) is 28.5 Å². The van der Waals surface area contributed by atoms with E-state index in [1.165, 1.54) is 9.47 Å². The molecule has 30 heavy (non-hydrogen) atoms. The smallest absolute Gasteiger partial charge is 0.330 e. The number of carbonyl (C=O) groups is 1. The van der Waals surface area contributed by atoms with E-state index in [0.29, 0.717) is 25.6 Å². The largest absolute Gasteiger partial charge is 0.383 e. The second-order valence-corrected chi connectivity index (χ2v) is 7.48. The minimum Gasteiger partial charge on any atom is -0.383 e. The molecule has 0 aliphatic heterocycles. The number of halogens is 2. The lowest BCUT2D eigenvalue weighted by molar-refractivity contribution is -0.115. The number of benzene rings is 1. The number of amides is 1. The molecule has 0 saturated carbocycles. The second-order valence-electron chi connectivity index (χ2n) is 7.48. The van der Waals surface area contributed by atoms with Crippen LogP contribution >= 0.6 is 0 Å². The van der Waals surface area contributed by atoms with Crippen LogP contribution < -0.4 is 27.2 Å². The second kappa shape index (κ2) is 10.0. The number of rotatable bonds is 9. The van der Waals surface area contributed by atoms with E-state index in [0.717, 1.165) is 18.6 Å². The molecule has 0 spiro atoms. The Morgan fingerprint density at radius 2 is 1.87 bits per heavy atom. The quantitative estimate of drug-likeness (QED) is 0.573. The Balaban J connectivity index is 2.36. The zero-order chi connectivity index (χ0) is 22.4. The Morgan fingerprint density at radius 3 is 2.43 bits per heavy atom. The monoisotopic (exact) mass is 423 g/mol. The molecule has 0 atom stereocenters. The molecule has 1 heterocycles. The number of hydrogen-bond acceptors (Lipinski definition) is 5. The van der Waals surface area contributed by atoms with Crippen LogP contribution in [0.3, 0.4) is 0 Å². The number of nitrogens with zero attached hydrogens (tertiary/aromatic N) is 2. The average molecular weight is 423 g/mol. The average Bonchev–Trinajstić information content (AvgIpc) is 2.59. The lowest BCUT2D eigenvalue weighted by atomic mass is 10.2. The SMILES string of the molecule is CCCCn1c(N)c(N(CC(=O)Nc2cc(F)cc(F)c2)CC(C)C)c(=O)[nH]c1=O. The molecule has 0 radical (unpaired) electrons. The number of anilines is 3. The minimum absolute atomic E-state index is 0.0139. The van der Waals surface area contributed by atoms with E-state index in [1.807, 2.05) is 20.8 Å². The third-order valence-electron chi connectivity index (χ3n) is 4.33. The summed E-state index contributed by atoms with van der Waals surface area (Å²) in [5, 5.41) is 2.41. The van der Waals surface area contributed by atoms with Gasteiger partial charge in [-0.1, -0.05) is 27.2 Å². The van der Waals surface area contributed by atoms with Crippen LogP contribution in [0.5, 0.6) is 0 Å². The molecule has 0 aliphatic rings.